The Kier molecular flexibility index (Phi) is 1.66. The Bertz CT molecular complexity index is 313. The molecule has 0 aliphatic carbocycles. The molecule has 0 N–H and O–H groups in total. The van der Waals surface area contributed by atoms with Gasteiger partial charge >= 0.3 is 0 Å². The molecule has 1 aromatic carbocycles. The zero-order valence-electron chi connectivity index (χ0n) is 7.13. The van der Waals surface area contributed by atoms with E-state index in [-0.39, 0.29) is 0 Å². The van der Waals surface area contributed by atoms with Gasteiger partial charge in [-0.15, -0.1) is 0 Å². The van der Waals surface area contributed by atoms with Crippen molar-refractivity contribution in [3.05, 3.63) is 34.3 Å². The van der Waals surface area contributed by atoms with Crippen molar-refractivity contribution in [3.63, 3.8) is 0 Å². The monoisotopic (exact) mass is 197 g/mol. The smallest absolute Gasteiger partial charge is 0.0669 e. The highest BCUT2D eigenvalue weighted by atomic mass is 79.9. The van der Waals surface area contributed by atoms with Gasteiger partial charge in [-0.1, -0.05) is 28.1 Å². The Hall–Kier alpha value is -0.810. The first-order chi connectivity index (χ1) is 5.56. The molecule has 0 radical (unpaired) electrons. The highest BCUT2D eigenvalue weighted by Gasteiger charge is 1.89. The molecule has 0 saturated carbocycles. The Morgan fingerprint density at radius 3 is 2.60 bits per heavy atom. The highest BCUT2D eigenvalue weighted by Crippen LogP contribution is 2.10. The van der Waals surface area contributed by atoms with Gasteiger partial charge in [0.25, 0.3) is 0 Å². The molecule has 0 aromatic heterocycles. The van der Waals surface area contributed by atoms with Crippen LogP contribution in [0.1, 0.15) is 8.30 Å². The molecule has 0 aliphatic rings. The maximum Gasteiger partial charge on any atom is 0.0669 e. The summed E-state index contributed by atoms with van der Waals surface area (Å²) < 4.78 is 15.4. The van der Waals surface area contributed by atoms with Crippen molar-refractivity contribution >= 4 is 15.9 Å². The largest absolute Gasteiger partial charge is 0.198 e. The summed E-state index contributed by atoms with van der Waals surface area (Å²) in [6.45, 7) is 0. The van der Waals surface area contributed by atoms with E-state index >= 15 is 0 Å². The summed E-state index contributed by atoms with van der Waals surface area (Å²) in [6, 6.07) is 8.20. The van der Waals surface area contributed by atoms with Gasteiger partial charge in [0.2, 0.25) is 0 Å². The van der Waals surface area contributed by atoms with Crippen LogP contribution in [-0.2, 0) is 6.37 Å². The second-order valence-electron chi connectivity index (χ2n) is 1.74. The molecule has 1 aromatic rings. The van der Waals surface area contributed by atoms with E-state index in [2.05, 4.69) is 15.9 Å². The fourth-order valence-corrected chi connectivity index (χ4v) is 0.862. The normalized spacial score (nSPS) is 13.2. The number of benzene rings is 1. The lowest BCUT2D eigenvalue weighted by atomic mass is 10.2. The Labute approximate surface area is 71.2 Å². The van der Waals surface area contributed by atoms with Crippen molar-refractivity contribution in [1.82, 2.24) is 0 Å². The number of hydrogen-bond donors (Lipinski definition) is 0. The van der Waals surface area contributed by atoms with Crippen LogP contribution < -0.4 is 0 Å². The lowest BCUT2D eigenvalue weighted by molar-refractivity contribution is 1.26. The van der Waals surface area contributed by atoms with Crippen molar-refractivity contribution in [2.24, 2.45) is 0 Å². The van der Waals surface area contributed by atoms with Crippen molar-refractivity contribution in [2.75, 3.05) is 0 Å². The molecule has 0 heterocycles. The zero-order chi connectivity index (χ0) is 9.19. The van der Waals surface area contributed by atoms with Crippen molar-refractivity contribution < 1.29 is 2.74 Å². The standard InChI is InChI=1S/C8H6BrN/c9-8-3-1-7(2-4-8)5-6-10/h1-4H,5H2/i5D2. The van der Waals surface area contributed by atoms with Crippen LogP contribution in [0.25, 0.3) is 0 Å². The van der Waals surface area contributed by atoms with Crippen LogP contribution in [-0.4, -0.2) is 0 Å². The van der Waals surface area contributed by atoms with Gasteiger partial charge in [0, 0.05) is 7.21 Å². The van der Waals surface area contributed by atoms with Crippen LogP contribution in [0.15, 0.2) is 28.7 Å². The number of rotatable bonds is 1. The Balaban J connectivity index is 3.07. The molecule has 50 valence electrons. The fraction of sp³-hybridized carbons (Fsp3) is 0.125. The molecule has 0 aliphatic heterocycles. The van der Waals surface area contributed by atoms with Crippen LogP contribution in [0.4, 0.5) is 0 Å². The number of hydrogen-bond acceptors (Lipinski definition) is 1. The van der Waals surface area contributed by atoms with Crippen molar-refractivity contribution in [1.29, 1.82) is 5.26 Å². The van der Waals surface area contributed by atoms with Gasteiger partial charge in [-0.2, -0.15) is 5.26 Å². The van der Waals surface area contributed by atoms with E-state index in [0.717, 1.165) is 4.47 Å². The molecular weight excluding hydrogens is 190 g/mol. The average Bonchev–Trinajstić information content (AvgIpc) is 2.05. The minimum atomic E-state index is -1.89. The van der Waals surface area contributed by atoms with E-state index in [1.807, 2.05) is 0 Å². The first kappa shape index (κ1) is 4.92. The Morgan fingerprint density at radius 2 is 2.10 bits per heavy atom. The molecule has 0 fully saturated rings. The molecule has 0 bridgehead atoms. The van der Waals surface area contributed by atoms with Gasteiger partial charge in [0.15, 0.2) is 0 Å². The minimum Gasteiger partial charge on any atom is -0.198 e. The van der Waals surface area contributed by atoms with Crippen LogP contribution in [0, 0.1) is 11.3 Å². The second-order valence-corrected chi connectivity index (χ2v) is 2.66. The summed E-state index contributed by atoms with van der Waals surface area (Å²) in [6.07, 6.45) is -1.89. The van der Waals surface area contributed by atoms with Gasteiger partial charge in [0.05, 0.1) is 12.4 Å². The van der Waals surface area contributed by atoms with Crippen LogP contribution in [0.3, 0.4) is 0 Å². The van der Waals surface area contributed by atoms with E-state index < -0.39 is 6.37 Å². The molecule has 1 rings (SSSR count). The summed E-state index contributed by atoms with van der Waals surface area (Å²) in [7, 11) is 0. The maximum absolute atomic E-state index is 8.48. The molecule has 0 spiro atoms. The molecule has 10 heavy (non-hydrogen) atoms. The molecule has 0 amide bonds. The summed E-state index contributed by atoms with van der Waals surface area (Å²) in [5.41, 5.74) is 0.383. The minimum absolute atomic E-state index is 0.383. The lowest BCUT2D eigenvalue weighted by Gasteiger charge is -1.92. The topological polar surface area (TPSA) is 23.8 Å². The number of nitrogens with zero attached hydrogens (tertiary/aromatic N) is 1. The van der Waals surface area contributed by atoms with Crippen molar-refractivity contribution in [3.8, 4) is 6.07 Å². The average molecular weight is 198 g/mol. The highest BCUT2D eigenvalue weighted by molar-refractivity contribution is 9.10. The summed E-state index contributed by atoms with van der Waals surface area (Å²) in [5.74, 6) is 0. The van der Waals surface area contributed by atoms with E-state index in [9.17, 15) is 0 Å². The molecule has 0 unspecified atom stereocenters. The second kappa shape index (κ2) is 3.38. The van der Waals surface area contributed by atoms with Gasteiger partial charge in [0.1, 0.15) is 0 Å². The quantitative estimate of drug-likeness (QED) is 0.680. The Morgan fingerprint density at radius 1 is 1.50 bits per heavy atom. The molecule has 2 heteroatoms. The van der Waals surface area contributed by atoms with E-state index in [1.165, 1.54) is 0 Å². The van der Waals surface area contributed by atoms with E-state index in [4.69, 9.17) is 8.00 Å². The number of nitriles is 1. The fourth-order valence-electron chi connectivity index (χ4n) is 0.598. The van der Waals surface area contributed by atoms with Crippen LogP contribution in [0.2, 0.25) is 0 Å². The van der Waals surface area contributed by atoms with Gasteiger partial charge in [-0.05, 0) is 17.7 Å². The third-order valence-electron chi connectivity index (χ3n) is 1.04. The van der Waals surface area contributed by atoms with Gasteiger partial charge in [-0.3, -0.25) is 0 Å². The SMILES string of the molecule is [2H]C([2H])(C#N)c1ccc(Br)cc1. The molecule has 0 atom stereocenters. The summed E-state index contributed by atoms with van der Waals surface area (Å²) in [4.78, 5) is 0. The van der Waals surface area contributed by atoms with Crippen LogP contribution >= 0.6 is 15.9 Å². The van der Waals surface area contributed by atoms with Crippen LogP contribution in [0.5, 0.6) is 0 Å². The van der Waals surface area contributed by atoms with E-state index in [1.54, 1.807) is 30.3 Å². The maximum atomic E-state index is 8.48. The first-order valence-corrected chi connectivity index (χ1v) is 3.53. The third-order valence-corrected chi connectivity index (χ3v) is 1.57. The molecular formula is C8H6BrN. The summed E-state index contributed by atoms with van der Waals surface area (Å²) >= 11 is 3.23. The third kappa shape index (κ3) is 1.85. The van der Waals surface area contributed by atoms with Crippen molar-refractivity contribution in [2.45, 2.75) is 6.37 Å². The molecule has 0 saturated heterocycles. The molecule has 1 nitrogen and oxygen atoms in total. The van der Waals surface area contributed by atoms with Gasteiger partial charge < -0.3 is 0 Å². The predicted octanol–water partition coefficient (Wildman–Crippen LogP) is 2.52. The van der Waals surface area contributed by atoms with Gasteiger partial charge in [-0.25, -0.2) is 0 Å². The summed E-state index contributed by atoms with van der Waals surface area (Å²) in [5, 5.41) is 8.48. The predicted molar refractivity (Wildman–Crippen MR) is 43.5 cm³/mol. The zero-order valence-corrected chi connectivity index (χ0v) is 6.72. The lowest BCUT2D eigenvalue weighted by Crippen LogP contribution is -1.78. The number of halogens is 1. The first-order valence-electron chi connectivity index (χ1n) is 3.73. The van der Waals surface area contributed by atoms with E-state index in [0.29, 0.717) is 5.56 Å².